The second-order valence-corrected chi connectivity index (χ2v) is 5.52. The maximum absolute atomic E-state index is 12.6. The summed E-state index contributed by atoms with van der Waals surface area (Å²) in [6, 6.07) is 4.22. The fourth-order valence-electron chi connectivity index (χ4n) is 2.36. The molecule has 9 heteroatoms. The average Bonchev–Trinajstić information content (AvgIpc) is 2.59. The zero-order chi connectivity index (χ0) is 18.3. The first-order chi connectivity index (χ1) is 11.9. The Labute approximate surface area is 142 Å². The van der Waals surface area contributed by atoms with E-state index < -0.39 is 17.6 Å². The molecular formula is C16H18F3N3O3. The Hall–Kier alpha value is -2.58. The van der Waals surface area contributed by atoms with Gasteiger partial charge in [0.05, 0.1) is 5.56 Å². The van der Waals surface area contributed by atoms with Crippen LogP contribution in [0.4, 0.5) is 18.9 Å². The van der Waals surface area contributed by atoms with Gasteiger partial charge in [0.1, 0.15) is 6.21 Å². The molecule has 0 radical (unpaired) electrons. The van der Waals surface area contributed by atoms with Gasteiger partial charge in [0, 0.05) is 18.8 Å². The minimum atomic E-state index is -4.49. The summed E-state index contributed by atoms with van der Waals surface area (Å²) in [6.45, 7) is 1.08. The van der Waals surface area contributed by atoms with Crippen LogP contribution in [-0.4, -0.2) is 42.6 Å². The molecule has 6 nitrogen and oxygen atoms in total. The maximum Gasteiger partial charge on any atom is 0.416 e. The van der Waals surface area contributed by atoms with Crippen LogP contribution in [0.3, 0.4) is 0 Å². The van der Waals surface area contributed by atoms with Gasteiger partial charge in [-0.1, -0.05) is 11.2 Å². The van der Waals surface area contributed by atoms with Crippen molar-refractivity contribution in [2.75, 3.05) is 25.0 Å². The van der Waals surface area contributed by atoms with Crippen LogP contribution in [0, 0.1) is 0 Å². The van der Waals surface area contributed by atoms with Crippen molar-refractivity contribution in [1.29, 1.82) is 0 Å². The fourth-order valence-corrected chi connectivity index (χ4v) is 2.36. The molecule has 1 aliphatic rings. The van der Waals surface area contributed by atoms with Crippen molar-refractivity contribution in [2.24, 2.45) is 5.16 Å². The van der Waals surface area contributed by atoms with Crippen LogP contribution < -0.4 is 5.32 Å². The molecule has 0 bridgehead atoms. The van der Waals surface area contributed by atoms with E-state index in [2.05, 4.69) is 10.5 Å². The van der Waals surface area contributed by atoms with Crippen molar-refractivity contribution in [2.45, 2.75) is 25.4 Å². The summed E-state index contributed by atoms with van der Waals surface area (Å²) in [5, 5.41) is 5.61. The number of likely N-dealkylation sites (tertiary alicyclic amines) is 1. The number of rotatable bonds is 5. The Bertz CT molecular complexity index is 641. The van der Waals surface area contributed by atoms with E-state index in [4.69, 9.17) is 4.84 Å². The molecule has 2 amide bonds. The fraction of sp³-hybridized carbons (Fsp3) is 0.438. The quantitative estimate of drug-likeness (QED) is 0.651. The van der Waals surface area contributed by atoms with Gasteiger partial charge in [-0.2, -0.15) is 13.2 Å². The number of nitrogens with zero attached hydrogens (tertiary/aromatic N) is 2. The first-order valence-electron chi connectivity index (χ1n) is 7.77. The number of hydrogen-bond donors (Lipinski definition) is 1. The van der Waals surface area contributed by atoms with Gasteiger partial charge in [-0.15, -0.1) is 0 Å². The third-order valence-corrected chi connectivity index (χ3v) is 3.60. The van der Waals surface area contributed by atoms with Gasteiger partial charge in [-0.3, -0.25) is 9.59 Å². The monoisotopic (exact) mass is 357 g/mol. The van der Waals surface area contributed by atoms with Crippen LogP contribution in [-0.2, 0) is 20.6 Å². The van der Waals surface area contributed by atoms with Crippen LogP contribution in [0.15, 0.2) is 29.4 Å². The molecule has 2 rings (SSSR count). The van der Waals surface area contributed by atoms with Crippen LogP contribution in [0.25, 0.3) is 0 Å². The number of halogens is 3. The molecule has 1 aromatic rings. The highest BCUT2D eigenvalue weighted by Crippen LogP contribution is 2.30. The molecule has 0 spiro atoms. The molecule has 136 valence electrons. The van der Waals surface area contributed by atoms with Crippen LogP contribution in [0.5, 0.6) is 0 Å². The number of amides is 2. The van der Waals surface area contributed by atoms with E-state index in [0.717, 1.165) is 37.6 Å². The SMILES string of the molecule is O=C(/C=N/OCC(=O)N1CCCCC1)Nc1cccc(C(F)(F)F)c1. The maximum atomic E-state index is 12.6. The predicted molar refractivity (Wildman–Crippen MR) is 84.9 cm³/mol. The highest BCUT2D eigenvalue weighted by molar-refractivity contribution is 6.31. The van der Waals surface area contributed by atoms with E-state index in [1.165, 1.54) is 12.1 Å². The van der Waals surface area contributed by atoms with E-state index >= 15 is 0 Å². The Morgan fingerprint density at radius 1 is 1.24 bits per heavy atom. The molecule has 1 N–H and O–H groups in total. The first kappa shape index (κ1) is 18.8. The molecule has 0 atom stereocenters. The van der Waals surface area contributed by atoms with E-state index in [1.54, 1.807) is 4.90 Å². The second-order valence-electron chi connectivity index (χ2n) is 5.52. The van der Waals surface area contributed by atoms with Gasteiger partial charge in [0.2, 0.25) is 0 Å². The highest BCUT2D eigenvalue weighted by Gasteiger charge is 2.30. The summed E-state index contributed by atoms with van der Waals surface area (Å²) in [5.41, 5.74) is -0.888. The van der Waals surface area contributed by atoms with Crippen LogP contribution in [0.1, 0.15) is 24.8 Å². The van der Waals surface area contributed by atoms with Gasteiger partial charge >= 0.3 is 6.18 Å². The molecule has 0 unspecified atom stereocenters. The molecule has 1 fully saturated rings. The lowest BCUT2D eigenvalue weighted by Crippen LogP contribution is -2.37. The molecular weight excluding hydrogens is 339 g/mol. The number of piperidine rings is 1. The van der Waals surface area contributed by atoms with Crippen molar-refractivity contribution < 1.29 is 27.6 Å². The van der Waals surface area contributed by atoms with Crippen molar-refractivity contribution in [3.8, 4) is 0 Å². The van der Waals surface area contributed by atoms with E-state index in [1.807, 2.05) is 0 Å². The Kier molecular flexibility index (Phi) is 6.37. The highest BCUT2D eigenvalue weighted by atomic mass is 19.4. The van der Waals surface area contributed by atoms with Gasteiger partial charge in [-0.25, -0.2) is 0 Å². The van der Waals surface area contributed by atoms with Gasteiger partial charge in [0.15, 0.2) is 6.61 Å². The van der Waals surface area contributed by atoms with E-state index in [0.29, 0.717) is 13.1 Å². The molecule has 1 aromatic carbocycles. The summed E-state index contributed by atoms with van der Waals surface area (Å²) in [5.74, 6) is -0.972. The molecule has 1 saturated heterocycles. The number of oxime groups is 1. The normalized spacial score (nSPS) is 15.2. The van der Waals surface area contributed by atoms with Gasteiger partial charge in [0.25, 0.3) is 11.8 Å². The largest absolute Gasteiger partial charge is 0.416 e. The van der Waals surface area contributed by atoms with Crippen LogP contribution >= 0.6 is 0 Å². The number of alkyl halides is 3. The second kappa shape index (κ2) is 8.50. The van der Waals surface area contributed by atoms with Crippen molar-refractivity contribution in [3.05, 3.63) is 29.8 Å². The molecule has 1 heterocycles. The number of carbonyl (C=O) groups is 2. The number of nitrogens with one attached hydrogen (secondary N) is 1. The third kappa shape index (κ3) is 6.09. The lowest BCUT2D eigenvalue weighted by molar-refractivity contribution is -0.138. The molecule has 0 saturated carbocycles. The standard InChI is InChI=1S/C16H18F3N3O3/c17-16(18,19)12-5-4-6-13(9-12)21-14(23)10-20-25-11-15(24)22-7-2-1-3-8-22/h4-6,9-10H,1-3,7-8,11H2,(H,21,23)/b20-10+. The van der Waals surface area contributed by atoms with Crippen LogP contribution in [0.2, 0.25) is 0 Å². The average molecular weight is 357 g/mol. The first-order valence-corrected chi connectivity index (χ1v) is 7.77. The topological polar surface area (TPSA) is 71.0 Å². The zero-order valence-electron chi connectivity index (χ0n) is 13.4. The Morgan fingerprint density at radius 2 is 1.96 bits per heavy atom. The predicted octanol–water partition coefficient (Wildman–Crippen LogP) is 2.66. The minimum Gasteiger partial charge on any atom is -0.386 e. The smallest absolute Gasteiger partial charge is 0.386 e. The number of anilines is 1. The lowest BCUT2D eigenvalue weighted by Gasteiger charge is -2.25. The van der Waals surface area contributed by atoms with Crippen molar-refractivity contribution in [1.82, 2.24) is 4.90 Å². The van der Waals surface area contributed by atoms with Gasteiger partial charge in [-0.05, 0) is 37.5 Å². The molecule has 0 aliphatic carbocycles. The summed E-state index contributed by atoms with van der Waals surface area (Å²) in [7, 11) is 0. The molecule has 1 aliphatic heterocycles. The van der Waals surface area contributed by atoms with E-state index in [9.17, 15) is 22.8 Å². The van der Waals surface area contributed by atoms with Gasteiger partial charge < -0.3 is 15.1 Å². The number of hydrogen-bond acceptors (Lipinski definition) is 4. The summed E-state index contributed by atoms with van der Waals surface area (Å²) in [6.07, 6.45) is -0.724. The lowest BCUT2D eigenvalue weighted by atomic mass is 10.1. The molecule has 25 heavy (non-hydrogen) atoms. The summed E-state index contributed by atoms with van der Waals surface area (Å²) < 4.78 is 37.8. The Balaban J connectivity index is 1.78. The molecule has 0 aromatic heterocycles. The zero-order valence-corrected chi connectivity index (χ0v) is 13.4. The number of benzene rings is 1. The summed E-state index contributed by atoms with van der Waals surface area (Å²) >= 11 is 0. The van der Waals surface area contributed by atoms with Crippen molar-refractivity contribution in [3.63, 3.8) is 0 Å². The number of carbonyl (C=O) groups excluding carboxylic acids is 2. The van der Waals surface area contributed by atoms with Crippen molar-refractivity contribution >= 4 is 23.7 Å². The Morgan fingerprint density at radius 3 is 2.64 bits per heavy atom. The summed E-state index contributed by atoms with van der Waals surface area (Å²) in [4.78, 5) is 29.8. The van der Waals surface area contributed by atoms with E-state index in [-0.39, 0.29) is 18.2 Å². The third-order valence-electron chi connectivity index (χ3n) is 3.60. The minimum absolute atomic E-state index is 0.0179.